The molecule has 0 radical (unpaired) electrons. The van der Waals surface area contributed by atoms with Gasteiger partial charge in [0.25, 0.3) is 0 Å². The molecule has 76 valence electrons. The number of rotatable bonds is 4. The number of halogens is 1. The van der Waals surface area contributed by atoms with Crippen molar-refractivity contribution in [3.8, 4) is 5.75 Å². The van der Waals surface area contributed by atoms with Crippen LogP contribution in [0.2, 0.25) is 0 Å². The second kappa shape index (κ2) is 5.17. The van der Waals surface area contributed by atoms with Crippen LogP contribution < -0.4 is 10.5 Å². The van der Waals surface area contributed by atoms with Crippen molar-refractivity contribution >= 4 is 15.9 Å². The van der Waals surface area contributed by atoms with E-state index in [4.69, 9.17) is 10.5 Å². The molecule has 2 nitrogen and oxygen atoms in total. The normalized spacial score (nSPS) is 12.2. The molecule has 0 aromatic heterocycles. The predicted octanol–water partition coefficient (Wildman–Crippen LogP) is 2.99. The monoisotopic (exact) mass is 255 g/mol. The van der Waals surface area contributed by atoms with Crippen LogP contribution in [-0.2, 0) is 0 Å². The summed E-state index contributed by atoms with van der Waals surface area (Å²) in [5.41, 5.74) is 6.83. The first-order chi connectivity index (χ1) is 6.59. The highest BCUT2D eigenvalue weighted by molar-refractivity contribution is 9.11. The minimum Gasteiger partial charge on any atom is -0.488 e. The van der Waals surface area contributed by atoms with Gasteiger partial charge in [0.1, 0.15) is 12.4 Å². The molecule has 0 heterocycles. The second-order valence-electron chi connectivity index (χ2n) is 3.16. The van der Waals surface area contributed by atoms with E-state index < -0.39 is 0 Å². The molecule has 1 atom stereocenters. The van der Waals surface area contributed by atoms with Gasteiger partial charge in [0, 0.05) is 10.5 Å². The first kappa shape index (κ1) is 11.3. The summed E-state index contributed by atoms with van der Waals surface area (Å²) < 4.78 is 6.24. The standard InChI is InChI=1S/C11H14BrNO/c1-8(12)7-14-11-5-3-10(4-6-11)9(2)13/h3-6,9H,1,7,13H2,2H3/t9-/m0/s1. The Hall–Kier alpha value is -0.800. The fraction of sp³-hybridized carbons (Fsp3) is 0.273. The Bertz CT molecular complexity index is 306. The molecule has 0 aliphatic rings. The van der Waals surface area contributed by atoms with Gasteiger partial charge in [-0.3, -0.25) is 0 Å². The molecule has 0 fully saturated rings. The first-order valence-corrected chi connectivity index (χ1v) is 5.20. The SMILES string of the molecule is C=C(Br)COc1ccc([C@H](C)N)cc1. The summed E-state index contributed by atoms with van der Waals surface area (Å²) in [6, 6.07) is 7.83. The van der Waals surface area contributed by atoms with Crippen LogP contribution >= 0.6 is 15.9 Å². The maximum absolute atomic E-state index is 5.72. The quantitative estimate of drug-likeness (QED) is 0.898. The Balaban J connectivity index is 2.59. The molecule has 3 heteroatoms. The van der Waals surface area contributed by atoms with E-state index in [1.165, 1.54) is 0 Å². The third-order valence-electron chi connectivity index (χ3n) is 1.80. The topological polar surface area (TPSA) is 35.2 Å². The molecule has 0 aliphatic heterocycles. The van der Waals surface area contributed by atoms with Crippen LogP contribution in [-0.4, -0.2) is 6.61 Å². The summed E-state index contributed by atoms with van der Waals surface area (Å²) in [6.07, 6.45) is 0. The van der Waals surface area contributed by atoms with Crippen molar-refractivity contribution in [2.45, 2.75) is 13.0 Å². The van der Waals surface area contributed by atoms with E-state index in [1.54, 1.807) is 0 Å². The van der Waals surface area contributed by atoms with E-state index in [2.05, 4.69) is 22.5 Å². The van der Waals surface area contributed by atoms with Crippen molar-refractivity contribution in [1.29, 1.82) is 0 Å². The van der Waals surface area contributed by atoms with E-state index in [0.29, 0.717) is 6.61 Å². The third kappa shape index (κ3) is 3.52. The average molecular weight is 256 g/mol. The van der Waals surface area contributed by atoms with Gasteiger partial charge >= 0.3 is 0 Å². The van der Waals surface area contributed by atoms with Crippen molar-refractivity contribution in [3.05, 3.63) is 40.9 Å². The Morgan fingerprint density at radius 3 is 2.50 bits per heavy atom. The molecule has 14 heavy (non-hydrogen) atoms. The van der Waals surface area contributed by atoms with Gasteiger partial charge in [-0.25, -0.2) is 0 Å². The highest BCUT2D eigenvalue weighted by Crippen LogP contribution is 2.16. The van der Waals surface area contributed by atoms with Crippen LogP contribution in [0.5, 0.6) is 5.75 Å². The fourth-order valence-corrected chi connectivity index (χ4v) is 1.14. The molecular formula is C11H14BrNO. The van der Waals surface area contributed by atoms with Crippen LogP contribution in [0.4, 0.5) is 0 Å². The molecule has 0 unspecified atom stereocenters. The van der Waals surface area contributed by atoms with Crippen molar-refractivity contribution in [1.82, 2.24) is 0 Å². The predicted molar refractivity (Wildman–Crippen MR) is 62.6 cm³/mol. The molecule has 2 N–H and O–H groups in total. The molecule has 0 saturated carbocycles. The molecule has 1 rings (SSSR count). The largest absolute Gasteiger partial charge is 0.488 e. The molecular weight excluding hydrogens is 242 g/mol. The van der Waals surface area contributed by atoms with Crippen LogP contribution in [0.1, 0.15) is 18.5 Å². The van der Waals surface area contributed by atoms with Gasteiger partial charge in [-0.15, -0.1) is 0 Å². The maximum atomic E-state index is 5.72. The van der Waals surface area contributed by atoms with Gasteiger partial charge in [-0.05, 0) is 24.6 Å². The van der Waals surface area contributed by atoms with E-state index in [-0.39, 0.29) is 6.04 Å². The van der Waals surface area contributed by atoms with Gasteiger partial charge in [0.05, 0.1) is 0 Å². The molecule has 1 aromatic rings. The van der Waals surface area contributed by atoms with Crippen LogP contribution in [0.3, 0.4) is 0 Å². The zero-order chi connectivity index (χ0) is 10.6. The molecule has 0 bridgehead atoms. The van der Waals surface area contributed by atoms with Crippen LogP contribution in [0.15, 0.2) is 35.3 Å². The summed E-state index contributed by atoms with van der Waals surface area (Å²) in [7, 11) is 0. The number of ether oxygens (including phenoxy) is 1. The lowest BCUT2D eigenvalue weighted by Gasteiger charge is -2.08. The van der Waals surface area contributed by atoms with Gasteiger partial charge in [-0.1, -0.05) is 34.6 Å². The molecule has 0 spiro atoms. The molecule has 0 aliphatic carbocycles. The van der Waals surface area contributed by atoms with Gasteiger partial charge in [0.15, 0.2) is 0 Å². The molecule has 0 saturated heterocycles. The van der Waals surface area contributed by atoms with Crippen molar-refractivity contribution < 1.29 is 4.74 Å². The lowest BCUT2D eigenvalue weighted by atomic mass is 10.1. The van der Waals surface area contributed by atoms with Crippen molar-refractivity contribution in [3.63, 3.8) is 0 Å². The summed E-state index contributed by atoms with van der Waals surface area (Å²) in [5, 5.41) is 0. The van der Waals surface area contributed by atoms with Crippen LogP contribution in [0, 0.1) is 0 Å². The summed E-state index contributed by atoms with van der Waals surface area (Å²) >= 11 is 3.23. The van der Waals surface area contributed by atoms with E-state index in [1.807, 2.05) is 31.2 Å². The Morgan fingerprint density at radius 2 is 2.07 bits per heavy atom. The minimum atomic E-state index is 0.0650. The molecule has 0 amide bonds. The number of benzene rings is 1. The summed E-state index contributed by atoms with van der Waals surface area (Å²) in [6.45, 7) is 6.13. The van der Waals surface area contributed by atoms with E-state index >= 15 is 0 Å². The smallest absolute Gasteiger partial charge is 0.119 e. The Labute approximate surface area is 92.9 Å². The average Bonchev–Trinajstić information content (AvgIpc) is 2.15. The number of hydrogen-bond donors (Lipinski definition) is 1. The van der Waals surface area contributed by atoms with Crippen molar-refractivity contribution in [2.24, 2.45) is 5.73 Å². The Kier molecular flexibility index (Phi) is 4.17. The summed E-state index contributed by atoms with van der Waals surface area (Å²) in [4.78, 5) is 0. The molecule has 1 aromatic carbocycles. The maximum Gasteiger partial charge on any atom is 0.119 e. The zero-order valence-corrected chi connectivity index (χ0v) is 9.75. The highest BCUT2D eigenvalue weighted by atomic mass is 79.9. The number of hydrogen-bond acceptors (Lipinski definition) is 2. The van der Waals surface area contributed by atoms with E-state index in [0.717, 1.165) is 15.8 Å². The Morgan fingerprint density at radius 1 is 1.50 bits per heavy atom. The highest BCUT2D eigenvalue weighted by Gasteiger charge is 1.99. The second-order valence-corrected chi connectivity index (χ2v) is 4.29. The first-order valence-electron chi connectivity index (χ1n) is 4.41. The van der Waals surface area contributed by atoms with Gasteiger partial charge < -0.3 is 10.5 Å². The number of nitrogens with two attached hydrogens (primary N) is 1. The lowest BCUT2D eigenvalue weighted by Crippen LogP contribution is -2.04. The van der Waals surface area contributed by atoms with E-state index in [9.17, 15) is 0 Å². The minimum absolute atomic E-state index is 0.0650. The van der Waals surface area contributed by atoms with Crippen molar-refractivity contribution in [2.75, 3.05) is 6.61 Å². The van der Waals surface area contributed by atoms with Crippen LogP contribution in [0.25, 0.3) is 0 Å². The van der Waals surface area contributed by atoms with Gasteiger partial charge in [-0.2, -0.15) is 0 Å². The van der Waals surface area contributed by atoms with Gasteiger partial charge in [0.2, 0.25) is 0 Å². The fourth-order valence-electron chi connectivity index (χ4n) is 1.03. The summed E-state index contributed by atoms with van der Waals surface area (Å²) in [5.74, 6) is 0.829. The third-order valence-corrected chi connectivity index (χ3v) is 2.03. The lowest BCUT2D eigenvalue weighted by molar-refractivity contribution is 0.361. The zero-order valence-electron chi connectivity index (χ0n) is 8.16.